The molecule has 2 aromatic rings. The lowest BCUT2D eigenvalue weighted by Crippen LogP contribution is -2.27. The minimum atomic E-state index is 0.566. The van der Waals surface area contributed by atoms with Crippen LogP contribution in [0.1, 0.15) is 68.2 Å². The van der Waals surface area contributed by atoms with Crippen molar-refractivity contribution in [1.82, 2.24) is 14.8 Å². The number of nitrogens with zero attached hydrogens (tertiary/aromatic N) is 3. The van der Waals surface area contributed by atoms with Crippen molar-refractivity contribution < 1.29 is 0 Å². The molecule has 0 spiro atoms. The van der Waals surface area contributed by atoms with Crippen molar-refractivity contribution in [2.24, 2.45) is 11.7 Å². The van der Waals surface area contributed by atoms with Gasteiger partial charge in [-0.25, -0.2) is 0 Å². The molecule has 138 valence electrons. The molecule has 0 amide bonds. The number of hydrogen-bond donors (Lipinski definition) is 2. The fraction of sp³-hybridized carbons (Fsp3) is 0.619. The second-order valence-electron chi connectivity index (χ2n) is 8.33. The number of hydrogen-bond acceptors (Lipinski definition) is 4. The number of aryl methyl sites for hydroxylation is 1. The lowest BCUT2D eigenvalue weighted by molar-refractivity contribution is 0.171. The third kappa shape index (κ3) is 2.92. The summed E-state index contributed by atoms with van der Waals surface area (Å²) >= 11 is 0. The average molecular weight is 351 g/mol. The van der Waals surface area contributed by atoms with Gasteiger partial charge in [-0.05, 0) is 75.5 Å². The molecule has 5 rings (SSSR count). The molecule has 2 fully saturated rings. The molecule has 2 aromatic heterocycles. The van der Waals surface area contributed by atoms with Crippen LogP contribution in [0, 0.1) is 5.92 Å². The van der Waals surface area contributed by atoms with Crippen molar-refractivity contribution in [1.29, 1.82) is 0 Å². The molecule has 3 heterocycles. The summed E-state index contributed by atoms with van der Waals surface area (Å²) in [5.74, 6) is 1.48. The van der Waals surface area contributed by atoms with Gasteiger partial charge in [-0.3, -0.25) is 9.67 Å². The number of aromatic nitrogens is 3. The van der Waals surface area contributed by atoms with E-state index < -0.39 is 0 Å². The fourth-order valence-electron chi connectivity index (χ4n) is 4.60. The van der Waals surface area contributed by atoms with Gasteiger partial charge in [0.1, 0.15) is 0 Å². The Morgan fingerprint density at radius 2 is 2.15 bits per heavy atom. The normalized spacial score (nSPS) is 24.7. The van der Waals surface area contributed by atoms with Gasteiger partial charge in [0.15, 0.2) is 0 Å². The Hall–Kier alpha value is -1.88. The van der Waals surface area contributed by atoms with Gasteiger partial charge in [0, 0.05) is 30.4 Å². The predicted molar refractivity (Wildman–Crippen MR) is 104 cm³/mol. The summed E-state index contributed by atoms with van der Waals surface area (Å²) in [6.07, 6.45) is 14.1. The van der Waals surface area contributed by atoms with Gasteiger partial charge in [-0.1, -0.05) is 0 Å². The van der Waals surface area contributed by atoms with E-state index >= 15 is 0 Å². The van der Waals surface area contributed by atoms with Crippen LogP contribution in [0.3, 0.4) is 0 Å². The number of pyridine rings is 1. The molecular formula is C21H29N5. The lowest BCUT2D eigenvalue weighted by Gasteiger charge is -2.35. The van der Waals surface area contributed by atoms with Gasteiger partial charge >= 0.3 is 0 Å². The third-order valence-electron chi connectivity index (χ3n) is 6.34. The smallest absolute Gasteiger partial charge is 0.0970 e. The van der Waals surface area contributed by atoms with E-state index in [-0.39, 0.29) is 0 Å². The maximum Gasteiger partial charge on any atom is 0.0970 e. The van der Waals surface area contributed by atoms with Crippen LogP contribution >= 0.6 is 0 Å². The van der Waals surface area contributed by atoms with E-state index in [1.54, 1.807) is 0 Å². The van der Waals surface area contributed by atoms with E-state index in [1.165, 1.54) is 61.0 Å². The molecule has 0 radical (unpaired) electrons. The molecule has 2 aliphatic carbocycles. The van der Waals surface area contributed by atoms with Gasteiger partial charge in [0.05, 0.1) is 23.1 Å². The van der Waals surface area contributed by atoms with Crippen LogP contribution in [0.25, 0.3) is 11.3 Å². The second-order valence-corrected chi connectivity index (χ2v) is 8.33. The van der Waals surface area contributed by atoms with Gasteiger partial charge in [0.25, 0.3) is 0 Å². The van der Waals surface area contributed by atoms with Gasteiger partial charge < -0.3 is 11.1 Å². The van der Waals surface area contributed by atoms with E-state index in [4.69, 9.17) is 15.8 Å². The highest BCUT2D eigenvalue weighted by Gasteiger charge is 2.35. The predicted octanol–water partition coefficient (Wildman–Crippen LogP) is 3.87. The zero-order valence-corrected chi connectivity index (χ0v) is 15.5. The van der Waals surface area contributed by atoms with Crippen LogP contribution in [-0.4, -0.2) is 27.9 Å². The van der Waals surface area contributed by atoms with Gasteiger partial charge in [-0.2, -0.15) is 5.10 Å². The largest absolute Gasteiger partial charge is 0.383 e. The SMILES string of the molecule is NCCC[C@H]1C[C@H](n2cc(-c3nccc4c3NCCC4)c(C3CC3)n2)C1. The molecule has 0 aromatic carbocycles. The van der Waals surface area contributed by atoms with Crippen molar-refractivity contribution in [3.05, 3.63) is 29.7 Å². The highest BCUT2D eigenvalue weighted by molar-refractivity contribution is 5.79. The van der Waals surface area contributed by atoms with Crippen LogP contribution in [0.15, 0.2) is 18.5 Å². The van der Waals surface area contributed by atoms with Crippen LogP contribution in [0.4, 0.5) is 5.69 Å². The Morgan fingerprint density at radius 1 is 1.27 bits per heavy atom. The summed E-state index contributed by atoms with van der Waals surface area (Å²) < 4.78 is 2.26. The summed E-state index contributed by atoms with van der Waals surface area (Å²) in [7, 11) is 0. The van der Waals surface area contributed by atoms with Crippen molar-refractivity contribution in [2.45, 2.75) is 63.3 Å². The van der Waals surface area contributed by atoms with Crippen molar-refractivity contribution in [3.63, 3.8) is 0 Å². The van der Waals surface area contributed by atoms with Gasteiger partial charge in [-0.15, -0.1) is 0 Å². The van der Waals surface area contributed by atoms with E-state index in [0.717, 1.165) is 37.5 Å². The average Bonchev–Trinajstić information content (AvgIpc) is 3.40. The topological polar surface area (TPSA) is 68.8 Å². The zero-order chi connectivity index (χ0) is 17.5. The number of nitrogens with two attached hydrogens (primary N) is 1. The fourth-order valence-corrected chi connectivity index (χ4v) is 4.60. The Kier molecular flexibility index (Phi) is 4.20. The Balaban J connectivity index is 1.44. The molecule has 26 heavy (non-hydrogen) atoms. The van der Waals surface area contributed by atoms with Crippen molar-refractivity contribution in [2.75, 3.05) is 18.4 Å². The Labute approximate surface area is 155 Å². The first-order valence-corrected chi connectivity index (χ1v) is 10.3. The van der Waals surface area contributed by atoms with Gasteiger partial charge in [0.2, 0.25) is 0 Å². The van der Waals surface area contributed by atoms with Crippen LogP contribution in [-0.2, 0) is 6.42 Å². The van der Waals surface area contributed by atoms with E-state index in [1.807, 2.05) is 6.20 Å². The number of rotatable bonds is 6. The van der Waals surface area contributed by atoms with E-state index in [0.29, 0.717) is 12.0 Å². The van der Waals surface area contributed by atoms with E-state index in [2.05, 4.69) is 22.3 Å². The molecule has 3 aliphatic rings. The van der Waals surface area contributed by atoms with Crippen LogP contribution < -0.4 is 11.1 Å². The first kappa shape index (κ1) is 16.3. The zero-order valence-electron chi connectivity index (χ0n) is 15.5. The molecule has 1 aliphatic heterocycles. The third-order valence-corrected chi connectivity index (χ3v) is 6.34. The maximum absolute atomic E-state index is 5.65. The number of anilines is 1. The molecule has 2 saturated carbocycles. The molecule has 0 unspecified atom stereocenters. The minimum absolute atomic E-state index is 0.566. The van der Waals surface area contributed by atoms with Crippen molar-refractivity contribution >= 4 is 5.69 Å². The second kappa shape index (κ2) is 6.69. The molecule has 3 N–H and O–H groups in total. The molecule has 5 nitrogen and oxygen atoms in total. The number of fused-ring (bicyclic) bond motifs is 1. The Bertz CT molecular complexity index is 786. The maximum atomic E-state index is 5.65. The van der Waals surface area contributed by atoms with Crippen LogP contribution in [0.5, 0.6) is 0 Å². The number of nitrogens with one attached hydrogen (secondary N) is 1. The summed E-state index contributed by atoms with van der Waals surface area (Å²) in [5.41, 5.74) is 12.0. The standard InChI is InChI=1S/C21H29N5/c22-8-1-3-14-11-17(12-14)26-13-18(19(25-26)16-5-6-16)21-20-15(7-10-24-21)4-2-9-23-20/h7,10,13-14,16-17,23H,1-6,8-9,11-12,22H2/t14-,17-. The van der Waals surface area contributed by atoms with E-state index in [9.17, 15) is 0 Å². The summed E-state index contributed by atoms with van der Waals surface area (Å²) in [6, 6.07) is 2.73. The minimum Gasteiger partial charge on any atom is -0.383 e. The molecule has 0 atom stereocenters. The van der Waals surface area contributed by atoms with Crippen molar-refractivity contribution in [3.8, 4) is 11.3 Å². The molecule has 0 saturated heterocycles. The summed E-state index contributed by atoms with van der Waals surface area (Å²) in [4.78, 5) is 4.78. The quantitative estimate of drug-likeness (QED) is 0.829. The molecule has 5 heteroatoms. The Morgan fingerprint density at radius 3 is 2.96 bits per heavy atom. The summed E-state index contributed by atoms with van der Waals surface area (Å²) in [6.45, 7) is 1.86. The monoisotopic (exact) mass is 351 g/mol. The van der Waals surface area contributed by atoms with Crippen LogP contribution in [0.2, 0.25) is 0 Å². The molecular weight excluding hydrogens is 322 g/mol. The highest BCUT2D eigenvalue weighted by atomic mass is 15.3. The lowest BCUT2D eigenvalue weighted by atomic mass is 9.77. The first-order chi connectivity index (χ1) is 12.8. The molecule has 0 bridgehead atoms. The highest BCUT2D eigenvalue weighted by Crippen LogP contribution is 2.47. The summed E-state index contributed by atoms with van der Waals surface area (Å²) in [5, 5.41) is 8.66. The first-order valence-electron chi connectivity index (χ1n) is 10.3.